The van der Waals surface area contributed by atoms with E-state index in [9.17, 15) is 0 Å². The van der Waals surface area contributed by atoms with E-state index < -0.39 is 0 Å². The van der Waals surface area contributed by atoms with Crippen molar-refractivity contribution >= 4 is 0 Å². The van der Waals surface area contributed by atoms with Crippen LogP contribution in [0.3, 0.4) is 0 Å². The van der Waals surface area contributed by atoms with Crippen molar-refractivity contribution in [3.63, 3.8) is 0 Å². The summed E-state index contributed by atoms with van der Waals surface area (Å²) in [4.78, 5) is 0. The summed E-state index contributed by atoms with van der Waals surface area (Å²) in [6.07, 6.45) is 8.92. The topological polar surface area (TPSA) is 0 Å². The lowest BCUT2D eigenvalue weighted by atomic mass is 9.64. The van der Waals surface area contributed by atoms with Crippen molar-refractivity contribution in [2.45, 2.75) is 47.0 Å². The summed E-state index contributed by atoms with van der Waals surface area (Å²) in [5.74, 6) is 3.46. The van der Waals surface area contributed by atoms with E-state index in [2.05, 4.69) is 39.8 Å². The molecule has 1 fully saturated rings. The maximum Gasteiger partial charge on any atom is -0.0129 e. The molecule has 0 heteroatoms. The molecule has 0 radical (unpaired) electrons. The minimum Gasteiger partial charge on any atom is -0.0727 e. The third-order valence-electron chi connectivity index (χ3n) is 4.41. The summed E-state index contributed by atoms with van der Waals surface area (Å²) >= 11 is 0. The number of hydrogen-bond acceptors (Lipinski definition) is 0. The molecule has 84 valence electrons. The molecule has 3 atom stereocenters. The molecule has 0 N–H and O–H groups in total. The van der Waals surface area contributed by atoms with Gasteiger partial charge in [-0.25, -0.2) is 0 Å². The average molecular weight is 204 g/mol. The van der Waals surface area contributed by atoms with Gasteiger partial charge in [0.15, 0.2) is 0 Å². The molecule has 0 aliphatic heterocycles. The zero-order valence-corrected chi connectivity index (χ0v) is 10.6. The Balaban J connectivity index is 2.25. The SMILES string of the molecule is CC1=CC=C2[C@@H](C)CC[C@H](C(C)C)[C@H]2C1. The van der Waals surface area contributed by atoms with Gasteiger partial charge in [-0.15, -0.1) is 0 Å². The molecule has 15 heavy (non-hydrogen) atoms. The first kappa shape index (κ1) is 11.0. The largest absolute Gasteiger partial charge is 0.0727 e. The molecule has 0 nitrogen and oxygen atoms in total. The van der Waals surface area contributed by atoms with E-state index in [1.807, 2.05) is 0 Å². The summed E-state index contributed by atoms with van der Waals surface area (Å²) < 4.78 is 0. The monoisotopic (exact) mass is 204 g/mol. The molecule has 2 rings (SSSR count). The van der Waals surface area contributed by atoms with Crippen molar-refractivity contribution in [2.75, 3.05) is 0 Å². The zero-order valence-electron chi connectivity index (χ0n) is 10.6. The van der Waals surface area contributed by atoms with E-state index in [1.54, 1.807) is 11.1 Å². The summed E-state index contributed by atoms with van der Waals surface area (Å²) in [6.45, 7) is 9.48. The van der Waals surface area contributed by atoms with Gasteiger partial charge in [0.2, 0.25) is 0 Å². The number of hydrogen-bond donors (Lipinski definition) is 0. The van der Waals surface area contributed by atoms with E-state index in [0.29, 0.717) is 0 Å². The molecule has 0 aromatic carbocycles. The van der Waals surface area contributed by atoms with Gasteiger partial charge in [0.05, 0.1) is 0 Å². The van der Waals surface area contributed by atoms with Crippen molar-refractivity contribution < 1.29 is 0 Å². The molecule has 0 saturated heterocycles. The first-order valence-corrected chi connectivity index (χ1v) is 6.47. The third kappa shape index (κ3) is 2.04. The highest BCUT2D eigenvalue weighted by Crippen LogP contribution is 2.46. The van der Waals surface area contributed by atoms with E-state index in [-0.39, 0.29) is 0 Å². The van der Waals surface area contributed by atoms with Crippen LogP contribution >= 0.6 is 0 Å². The van der Waals surface area contributed by atoms with Crippen LogP contribution < -0.4 is 0 Å². The number of rotatable bonds is 1. The van der Waals surface area contributed by atoms with Gasteiger partial charge in [0.25, 0.3) is 0 Å². The Morgan fingerprint density at radius 3 is 2.60 bits per heavy atom. The van der Waals surface area contributed by atoms with Crippen LogP contribution in [0, 0.1) is 23.7 Å². The molecule has 0 aromatic rings. The first-order valence-electron chi connectivity index (χ1n) is 6.47. The van der Waals surface area contributed by atoms with Crippen LogP contribution in [0.15, 0.2) is 23.3 Å². The third-order valence-corrected chi connectivity index (χ3v) is 4.41. The van der Waals surface area contributed by atoms with Crippen LogP contribution in [0.1, 0.15) is 47.0 Å². The van der Waals surface area contributed by atoms with Crippen LogP contribution in [-0.4, -0.2) is 0 Å². The molecule has 2 aliphatic carbocycles. The molecule has 0 bridgehead atoms. The quantitative estimate of drug-likeness (QED) is 0.586. The Hall–Kier alpha value is -0.520. The molecular formula is C15H24. The van der Waals surface area contributed by atoms with Gasteiger partial charge in [-0.1, -0.05) is 44.1 Å². The van der Waals surface area contributed by atoms with Gasteiger partial charge >= 0.3 is 0 Å². The van der Waals surface area contributed by atoms with E-state index >= 15 is 0 Å². The van der Waals surface area contributed by atoms with Crippen molar-refractivity contribution in [1.82, 2.24) is 0 Å². The predicted molar refractivity (Wildman–Crippen MR) is 66.7 cm³/mol. The maximum atomic E-state index is 2.42. The molecule has 0 aromatic heterocycles. The van der Waals surface area contributed by atoms with Crippen molar-refractivity contribution in [2.24, 2.45) is 23.7 Å². The second-order valence-corrected chi connectivity index (χ2v) is 5.88. The molecule has 0 amide bonds. The predicted octanol–water partition coefficient (Wildman–Crippen LogP) is 4.58. The van der Waals surface area contributed by atoms with Crippen LogP contribution in [-0.2, 0) is 0 Å². The second-order valence-electron chi connectivity index (χ2n) is 5.88. The highest BCUT2D eigenvalue weighted by Gasteiger charge is 2.35. The lowest BCUT2D eigenvalue weighted by molar-refractivity contribution is 0.202. The van der Waals surface area contributed by atoms with Gasteiger partial charge in [0, 0.05) is 0 Å². The van der Waals surface area contributed by atoms with Crippen LogP contribution in [0.25, 0.3) is 0 Å². The molecule has 0 unspecified atom stereocenters. The zero-order chi connectivity index (χ0) is 11.0. The Labute approximate surface area is 94.5 Å². The van der Waals surface area contributed by atoms with Crippen LogP contribution in [0.4, 0.5) is 0 Å². The smallest absolute Gasteiger partial charge is 0.0129 e. The van der Waals surface area contributed by atoms with Gasteiger partial charge in [-0.2, -0.15) is 0 Å². The number of allylic oxidation sites excluding steroid dienone is 4. The fourth-order valence-electron chi connectivity index (χ4n) is 3.43. The van der Waals surface area contributed by atoms with Gasteiger partial charge in [-0.05, 0) is 49.9 Å². The second kappa shape index (κ2) is 4.15. The Bertz CT molecular complexity index is 293. The average Bonchev–Trinajstić information content (AvgIpc) is 2.17. The highest BCUT2D eigenvalue weighted by atomic mass is 14.4. The lowest BCUT2D eigenvalue weighted by Gasteiger charge is -2.41. The van der Waals surface area contributed by atoms with Crippen LogP contribution in [0.5, 0.6) is 0 Å². The van der Waals surface area contributed by atoms with Crippen molar-refractivity contribution in [3.05, 3.63) is 23.3 Å². The Morgan fingerprint density at radius 2 is 1.93 bits per heavy atom. The maximum absolute atomic E-state index is 2.42. The van der Waals surface area contributed by atoms with Crippen molar-refractivity contribution in [3.8, 4) is 0 Å². The molecule has 0 heterocycles. The summed E-state index contributed by atoms with van der Waals surface area (Å²) in [7, 11) is 0. The fourth-order valence-corrected chi connectivity index (χ4v) is 3.43. The molecule has 1 saturated carbocycles. The molecular weight excluding hydrogens is 180 g/mol. The van der Waals surface area contributed by atoms with E-state index in [4.69, 9.17) is 0 Å². The van der Waals surface area contributed by atoms with E-state index in [0.717, 1.165) is 23.7 Å². The minimum atomic E-state index is 0.828. The van der Waals surface area contributed by atoms with Gasteiger partial charge in [-0.3, -0.25) is 0 Å². The first-order chi connectivity index (χ1) is 7.09. The number of fused-ring (bicyclic) bond motifs is 1. The standard InChI is InChI=1S/C15H24/c1-10(2)13-8-6-12(4)14-7-5-11(3)9-15(13)14/h5,7,10,12-13,15H,6,8-9H2,1-4H3/t12-,13+,15+/m0/s1. The highest BCUT2D eigenvalue weighted by molar-refractivity contribution is 5.29. The van der Waals surface area contributed by atoms with Gasteiger partial charge in [0.1, 0.15) is 0 Å². The fraction of sp³-hybridized carbons (Fsp3) is 0.733. The lowest BCUT2D eigenvalue weighted by Crippen LogP contribution is -2.31. The Morgan fingerprint density at radius 1 is 1.20 bits per heavy atom. The summed E-state index contributed by atoms with van der Waals surface area (Å²) in [6, 6.07) is 0. The summed E-state index contributed by atoms with van der Waals surface area (Å²) in [5, 5.41) is 0. The minimum absolute atomic E-state index is 0.828. The normalized spacial score (nSPS) is 35.9. The van der Waals surface area contributed by atoms with E-state index in [1.165, 1.54) is 19.3 Å². The van der Waals surface area contributed by atoms with Gasteiger partial charge < -0.3 is 0 Å². The van der Waals surface area contributed by atoms with Crippen LogP contribution in [0.2, 0.25) is 0 Å². The molecule has 2 aliphatic rings. The molecule has 0 spiro atoms. The van der Waals surface area contributed by atoms with Crippen molar-refractivity contribution in [1.29, 1.82) is 0 Å². The summed E-state index contributed by atoms with van der Waals surface area (Å²) in [5.41, 5.74) is 3.31. The Kier molecular flexibility index (Phi) is 3.04.